The number of aromatic nitrogens is 2. The maximum atomic E-state index is 4.82. The van der Waals surface area contributed by atoms with Crippen LogP contribution in [0, 0.1) is 0 Å². The highest BCUT2D eigenvalue weighted by molar-refractivity contribution is 5.48. The predicted molar refractivity (Wildman–Crippen MR) is 106 cm³/mol. The smallest absolute Gasteiger partial charge is 0.0768 e. The molecule has 26 heavy (non-hydrogen) atoms. The van der Waals surface area contributed by atoms with Crippen LogP contribution in [0.5, 0.6) is 0 Å². The maximum Gasteiger partial charge on any atom is 0.0768 e. The fourth-order valence-electron chi connectivity index (χ4n) is 3.76. The van der Waals surface area contributed by atoms with Gasteiger partial charge in [0.25, 0.3) is 0 Å². The summed E-state index contributed by atoms with van der Waals surface area (Å²) in [5.41, 5.74) is 3.84. The maximum absolute atomic E-state index is 4.82. The van der Waals surface area contributed by atoms with Crippen LogP contribution in [0.4, 0.5) is 0 Å². The Kier molecular flexibility index (Phi) is 5.79. The molecule has 1 aromatic carbocycles. The summed E-state index contributed by atoms with van der Waals surface area (Å²) in [6.45, 7) is 9.63. The molecule has 2 aromatic rings. The van der Waals surface area contributed by atoms with Crippen LogP contribution in [0.25, 0.3) is 6.08 Å². The van der Waals surface area contributed by atoms with Crippen molar-refractivity contribution in [2.45, 2.75) is 26.1 Å². The van der Waals surface area contributed by atoms with Gasteiger partial charge in [-0.15, -0.1) is 0 Å². The molecule has 0 amide bonds. The Labute approximate surface area is 156 Å². The summed E-state index contributed by atoms with van der Waals surface area (Å²) >= 11 is 0. The lowest BCUT2D eigenvalue weighted by molar-refractivity contribution is 0.135. The Morgan fingerprint density at radius 1 is 1.00 bits per heavy atom. The topological polar surface area (TPSA) is 36.3 Å². The predicted octanol–water partition coefficient (Wildman–Crippen LogP) is 2.21. The fraction of sp³-hybridized carbons (Fsp3) is 0.476. The molecule has 138 valence electrons. The second-order valence-electron chi connectivity index (χ2n) is 7.27. The molecule has 4 rings (SSSR count). The van der Waals surface area contributed by atoms with Crippen molar-refractivity contribution in [3.05, 3.63) is 59.4 Å². The molecule has 5 heteroatoms. The average Bonchev–Trinajstić information content (AvgIpc) is 2.92. The lowest BCUT2D eigenvalue weighted by Crippen LogP contribution is -2.45. The number of nitrogens with one attached hydrogen (secondary N) is 1. The highest BCUT2D eigenvalue weighted by atomic mass is 15.3. The second kappa shape index (κ2) is 8.62. The number of hydrogen-bond acceptors (Lipinski definition) is 4. The fourth-order valence-corrected chi connectivity index (χ4v) is 3.76. The molecular formula is C21H29N5. The molecule has 1 fully saturated rings. The van der Waals surface area contributed by atoms with Gasteiger partial charge >= 0.3 is 0 Å². The molecule has 3 heterocycles. The summed E-state index contributed by atoms with van der Waals surface area (Å²) in [5.74, 6) is 0. The van der Waals surface area contributed by atoms with Crippen LogP contribution in [-0.2, 0) is 19.6 Å². The van der Waals surface area contributed by atoms with Crippen molar-refractivity contribution in [3.8, 4) is 0 Å². The number of aryl methyl sites for hydroxylation is 1. The summed E-state index contributed by atoms with van der Waals surface area (Å²) < 4.78 is 2.19. The zero-order chi connectivity index (χ0) is 17.6. The molecule has 2 aliphatic rings. The van der Waals surface area contributed by atoms with Crippen LogP contribution in [0.15, 0.2) is 42.5 Å². The van der Waals surface area contributed by atoms with Crippen molar-refractivity contribution in [1.82, 2.24) is 24.9 Å². The number of benzene rings is 1. The van der Waals surface area contributed by atoms with Crippen LogP contribution in [0.1, 0.15) is 23.4 Å². The normalized spacial score (nSPS) is 19.5. The summed E-state index contributed by atoms with van der Waals surface area (Å²) in [6, 6.07) is 12.8. The zero-order valence-electron chi connectivity index (χ0n) is 15.5. The molecule has 0 saturated carbocycles. The van der Waals surface area contributed by atoms with Crippen LogP contribution >= 0.6 is 0 Å². The highest BCUT2D eigenvalue weighted by Gasteiger charge is 2.18. The standard InChI is InChI=1S/C21H29N5/c1-2-6-19(7-3-1)8-4-10-24-12-14-25(15-13-24)18-20-16-21-17-22-9-5-11-26(21)23-20/h1-4,6-8,16,22H,5,9-15,17-18H2. The van der Waals surface area contributed by atoms with E-state index in [1.165, 1.54) is 23.4 Å². The van der Waals surface area contributed by atoms with Crippen LogP contribution < -0.4 is 5.32 Å². The van der Waals surface area contributed by atoms with E-state index in [4.69, 9.17) is 5.10 Å². The molecule has 0 spiro atoms. The van der Waals surface area contributed by atoms with Crippen molar-refractivity contribution >= 4 is 6.08 Å². The Hall–Kier alpha value is -1.95. The minimum atomic E-state index is 0.953. The van der Waals surface area contributed by atoms with Gasteiger partial charge in [-0.05, 0) is 24.6 Å². The zero-order valence-corrected chi connectivity index (χ0v) is 15.5. The van der Waals surface area contributed by atoms with E-state index in [9.17, 15) is 0 Å². The molecule has 0 aliphatic carbocycles. The van der Waals surface area contributed by atoms with Gasteiger partial charge < -0.3 is 5.32 Å². The molecule has 0 unspecified atom stereocenters. The first-order chi connectivity index (χ1) is 12.9. The lowest BCUT2D eigenvalue weighted by Gasteiger charge is -2.33. The Bertz CT molecular complexity index is 690. The van der Waals surface area contributed by atoms with E-state index >= 15 is 0 Å². The number of fused-ring (bicyclic) bond motifs is 1. The molecule has 0 bridgehead atoms. The van der Waals surface area contributed by atoms with Crippen molar-refractivity contribution in [1.29, 1.82) is 0 Å². The van der Waals surface area contributed by atoms with E-state index in [0.717, 1.165) is 58.9 Å². The van der Waals surface area contributed by atoms with Gasteiger partial charge in [0.1, 0.15) is 0 Å². The molecule has 2 aliphatic heterocycles. The third-order valence-corrected chi connectivity index (χ3v) is 5.27. The average molecular weight is 351 g/mol. The van der Waals surface area contributed by atoms with Gasteiger partial charge in [-0.25, -0.2) is 0 Å². The van der Waals surface area contributed by atoms with Gasteiger partial charge in [-0.3, -0.25) is 14.5 Å². The molecular weight excluding hydrogens is 322 g/mol. The SMILES string of the molecule is C(=Cc1ccccc1)CN1CCN(Cc2cc3n(n2)CCCNC3)CC1. The third kappa shape index (κ3) is 4.61. The van der Waals surface area contributed by atoms with Crippen molar-refractivity contribution in [3.63, 3.8) is 0 Å². The summed E-state index contributed by atoms with van der Waals surface area (Å²) in [4.78, 5) is 5.06. The molecule has 0 radical (unpaired) electrons. The Morgan fingerprint density at radius 3 is 2.65 bits per heavy atom. The van der Waals surface area contributed by atoms with Crippen LogP contribution in [0.2, 0.25) is 0 Å². The van der Waals surface area contributed by atoms with E-state index in [0.29, 0.717) is 0 Å². The number of hydrogen-bond donors (Lipinski definition) is 1. The van der Waals surface area contributed by atoms with Gasteiger partial charge in [0, 0.05) is 52.4 Å². The third-order valence-electron chi connectivity index (χ3n) is 5.27. The highest BCUT2D eigenvalue weighted by Crippen LogP contribution is 2.12. The molecule has 0 atom stereocenters. The molecule has 1 N–H and O–H groups in total. The van der Waals surface area contributed by atoms with Gasteiger partial charge in [-0.1, -0.05) is 42.5 Å². The minimum absolute atomic E-state index is 0.953. The van der Waals surface area contributed by atoms with E-state index in [1.54, 1.807) is 0 Å². The largest absolute Gasteiger partial charge is 0.311 e. The first-order valence-electron chi connectivity index (χ1n) is 9.79. The summed E-state index contributed by atoms with van der Waals surface area (Å²) in [5, 5.41) is 8.29. The van der Waals surface area contributed by atoms with Crippen LogP contribution in [-0.4, -0.2) is 58.8 Å². The Balaban J connectivity index is 1.23. The van der Waals surface area contributed by atoms with Gasteiger partial charge in [0.05, 0.1) is 11.4 Å². The van der Waals surface area contributed by atoms with Gasteiger partial charge in [0.15, 0.2) is 0 Å². The molecule has 1 saturated heterocycles. The van der Waals surface area contributed by atoms with E-state index in [1.807, 2.05) is 0 Å². The summed E-state index contributed by atoms with van der Waals surface area (Å²) in [6.07, 6.45) is 5.67. The Morgan fingerprint density at radius 2 is 1.81 bits per heavy atom. The van der Waals surface area contributed by atoms with Gasteiger partial charge in [-0.2, -0.15) is 5.10 Å². The first kappa shape index (κ1) is 17.5. The van der Waals surface area contributed by atoms with E-state index in [-0.39, 0.29) is 0 Å². The van der Waals surface area contributed by atoms with E-state index in [2.05, 4.69) is 68.3 Å². The van der Waals surface area contributed by atoms with Gasteiger partial charge in [0.2, 0.25) is 0 Å². The molecule has 1 aromatic heterocycles. The van der Waals surface area contributed by atoms with Crippen molar-refractivity contribution < 1.29 is 0 Å². The van der Waals surface area contributed by atoms with Crippen molar-refractivity contribution in [2.75, 3.05) is 39.3 Å². The quantitative estimate of drug-likeness (QED) is 0.896. The van der Waals surface area contributed by atoms with Crippen molar-refractivity contribution in [2.24, 2.45) is 0 Å². The number of piperazine rings is 1. The lowest BCUT2D eigenvalue weighted by atomic mass is 10.2. The second-order valence-corrected chi connectivity index (χ2v) is 7.27. The molecule has 5 nitrogen and oxygen atoms in total. The number of rotatable bonds is 5. The van der Waals surface area contributed by atoms with E-state index < -0.39 is 0 Å². The minimum Gasteiger partial charge on any atom is -0.311 e. The summed E-state index contributed by atoms with van der Waals surface area (Å²) in [7, 11) is 0. The monoisotopic (exact) mass is 351 g/mol. The number of nitrogens with zero attached hydrogens (tertiary/aromatic N) is 4. The van der Waals surface area contributed by atoms with Crippen LogP contribution in [0.3, 0.4) is 0 Å². The first-order valence-corrected chi connectivity index (χ1v) is 9.79.